The molecule has 0 saturated carbocycles. The highest BCUT2D eigenvalue weighted by atomic mass is 16.5. The molecule has 0 bridgehead atoms. The summed E-state index contributed by atoms with van der Waals surface area (Å²) in [6.45, 7) is 2.93. The van der Waals surface area contributed by atoms with Crippen molar-refractivity contribution in [2.75, 3.05) is 6.61 Å². The first-order chi connectivity index (χ1) is 10.8. The van der Waals surface area contributed by atoms with E-state index in [-0.39, 0.29) is 17.8 Å². The van der Waals surface area contributed by atoms with Gasteiger partial charge in [0, 0.05) is 0 Å². The van der Waals surface area contributed by atoms with Gasteiger partial charge in [0.2, 0.25) is 0 Å². The van der Waals surface area contributed by atoms with Crippen molar-refractivity contribution in [3.05, 3.63) is 35.9 Å². The van der Waals surface area contributed by atoms with Crippen molar-refractivity contribution in [1.82, 2.24) is 4.90 Å². The highest BCUT2D eigenvalue weighted by Gasteiger charge is 2.50. The molecular weight excluding hydrogens is 272 g/mol. The van der Waals surface area contributed by atoms with Gasteiger partial charge in [-0.1, -0.05) is 56.5 Å². The van der Waals surface area contributed by atoms with Crippen LogP contribution in [0.5, 0.6) is 0 Å². The summed E-state index contributed by atoms with van der Waals surface area (Å²) in [5.74, 6) is 0. The maximum atomic E-state index is 10.0. The Morgan fingerprint density at radius 3 is 2.86 bits per heavy atom. The SMILES string of the molecule is CCCCC[C@@]1(C#N)CCC[C@H]2OC[C@@H](c3ccccc3)N21. The number of unbranched alkanes of at least 4 members (excludes halogenated alkanes) is 2. The van der Waals surface area contributed by atoms with Crippen molar-refractivity contribution < 1.29 is 4.74 Å². The molecule has 2 saturated heterocycles. The van der Waals surface area contributed by atoms with Crippen LogP contribution in [-0.4, -0.2) is 23.3 Å². The van der Waals surface area contributed by atoms with Gasteiger partial charge >= 0.3 is 0 Å². The molecule has 0 aliphatic carbocycles. The fourth-order valence-electron chi connectivity index (χ4n) is 4.08. The minimum atomic E-state index is -0.338. The summed E-state index contributed by atoms with van der Waals surface area (Å²) < 4.78 is 6.06. The number of hydrogen-bond donors (Lipinski definition) is 0. The Morgan fingerprint density at radius 2 is 2.14 bits per heavy atom. The average molecular weight is 298 g/mol. The van der Waals surface area contributed by atoms with E-state index in [1.165, 1.54) is 18.4 Å². The number of hydrogen-bond acceptors (Lipinski definition) is 3. The van der Waals surface area contributed by atoms with Gasteiger partial charge in [0.15, 0.2) is 0 Å². The standard InChI is InChI=1S/C19H26N2O/c1-2-3-7-12-19(15-20)13-8-11-18-21(19)17(14-22-18)16-9-5-4-6-10-16/h4-6,9-10,17-18H,2-3,7-8,11-14H2,1H3/t17-,18+,19-/m0/s1. The second-order valence-corrected chi connectivity index (χ2v) is 6.61. The number of piperidine rings is 1. The molecule has 0 unspecified atom stereocenters. The number of fused-ring (bicyclic) bond motifs is 1. The number of benzene rings is 1. The van der Waals surface area contributed by atoms with Crippen LogP contribution in [0.2, 0.25) is 0 Å². The number of nitriles is 1. The maximum Gasteiger partial charge on any atom is 0.112 e. The van der Waals surface area contributed by atoms with E-state index in [0.717, 1.165) is 32.1 Å². The molecule has 2 aliphatic heterocycles. The van der Waals surface area contributed by atoms with E-state index in [1.807, 2.05) is 6.07 Å². The Hall–Kier alpha value is -1.37. The molecule has 0 N–H and O–H groups in total. The van der Waals surface area contributed by atoms with E-state index in [4.69, 9.17) is 4.74 Å². The topological polar surface area (TPSA) is 36.3 Å². The fourth-order valence-corrected chi connectivity index (χ4v) is 4.08. The van der Waals surface area contributed by atoms with E-state index in [9.17, 15) is 5.26 Å². The highest BCUT2D eigenvalue weighted by molar-refractivity contribution is 5.24. The zero-order valence-electron chi connectivity index (χ0n) is 13.5. The lowest BCUT2D eigenvalue weighted by atomic mass is 9.81. The van der Waals surface area contributed by atoms with Gasteiger partial charge in [-0.15, -0.1) is 0 Å². The van der Waals surface area contributed by atoms with Gasteiger partial charge in [0.1, 0.15) is 11.8 Å². The van der Waals surface area contributed by atoms with Crippen molar-refractivity contribution in [3.63, 3.8) is 0 Å². The lowest BCUT2D eigenvalue weighted by molar-refractivity contribution is -0.0554. The zero-order chi connectivity index (χ0) is 15.4. The van der Waals surface area contributed by atoms with Gasteiger partial charge in [-0.25, -0.2) is 0 Å². The van der Waals surface area contributed by atoms with Crippen LogP contribution in [0.1, 0.15) is 63.5 Å². The maximum absolute atomic E-state index is 10.0. The van der Waals surface area contributed by atoms with Crippen LogP contribution in [0.4, 0.5) is 0 Å². The lowest BCUT2D eigenvalue weighted by Crippen LogP contribution is -2.54. The van der Waals surface area contributed by atoms with Gasteiger partial charge in [-0.05, 0) is 31.2 Å². The molecule has 2 heterocycles. The van der Waals surface area contributed by atoms with Crippen LogP contribution >= 0.6 is 0 Å². The van der Waals surface area contributed by atoms with Crippen molar-refractivity contribution in [3.8, 4) is 6.07 Å². The first kappa shape index (κ1) is 15.5. The molecule has 22 heavy (non-hydrogen) atoms. The molecule has 0 spiro atoms. The van der Waals surface area contributed by atoms with Gasteiger partial charge in [0.25, 0.3) is 0 Å². The Kier molecular flexibility index (Phi) is 4.81. The lowest BCUT2D eigenvalue weighted by Gasteiger charge is -2.45. The fraction of sp³-hybridized carbons (Fsp3) is 0.632. The third kappa shape index (κ3) is 2.78. The summed E-state index contributed by atoms with van der Waals surface area (Å²) in [5, 5.41) is 10.0. The minimum absolute atomic E-state index is 0.125. The molecule has 2 aliphatic rings. The molecule has 118 valence electrons. The Labute approximate surface area is 133 Å². The summed E-state index contributed by atoms with van der Waals surface area (Å²) in [4.78, 5) is 2.40. The van der Waals surface area contributed by atoms with Crippen molar-refractivity contribution in [2.45, 2.75) is 69.7 Å². The van der Waals surface area contributed by atoms with E-state index >= 15 is 0 Å². The number of rotatable bonds is 5. The summed E-state index contributed by atoms with van der Waals surface area (Å²) in [7, 11) is 0. The Morgan fingerprint density at radius 1 is 1.32 bits per heavy atom. The normalized spacial score (nSPS) is 31.6. The monoisotopic (exact) mass is 298 g/mol. The molecule has 1 aromatic rings. The number of ether oxygens (including phenoxy) is 1. The van der Waals surface area contributed by atoms with Gasteiger partial charge < -0.3 is 4.74 Å². The van der Waals surface area contributed by atoms with Crippen LogP contribution in [0.25, 0.3) is 0 Å². The van der Waals surface area contributed by atoms with Crippen molar-refractivity contribution >= 4 is 0 Å². The van der Waals surface area contributed by atoms with Crippen LogP contribution in [0, 0.1) is 11.3 Å². The van der Waals surface area contributed by atoms with Crippen LogP contribution in [0.15, 0.2) is 30.3 Å². The van der Waals surface area contributed by atoms with Crippen LogP contribution in [0.3, 0.4) is 0 Å². The molecule has 1 aromatic carbocycles. The second kappa shape index (κ2) is 6.81. The molecule has 3 atom stereocenters. The summed E-state index contributed by atoms with van der Waals surface area (Å²) in [6, 6.07) is 13.5. The Balaban J connectivity index is 1.87. The molecule has 3 heteroatoms. The predicted molar refractivity (Wildman–Crippen MR) is 87.1 cm³/mol. The highest BCUT2D eigenvalue weighted by Crippen LogP contribution is 2.45. The largest absolute Gasteiger partial charge is 0.361 e. The van der Waals surface area contributed by atoms with Gasteiger partial charge in [0.05, 0.1) is 18.7 Å². The smallest absolute Gasteiger partial charge is 0.112 e. The summed E-state index contributed by atoms with van der Waals surface area (Å²) in [6.07, 6.45) is 7.77. The first-order valence-electron chi connectivity index (χ1n) is 8.67. The molecule has 3 rings (SSSR count). The van der Waals surface area contributed by atoms with Crippen LogP contribution in [-0.2, 0) is 4.74 Å². The molecule has 2 fully saturated rings. The van der Waals surface area contributed by atoms with Crippen molar-refractivity contribution in [2.24, 2.45) is 0 Å². The Bertz CT molecular complexity index is 524. The van der Waals surface area contributed by atoms with E-state index in [2.05, 4.69) is 42.2 Å². The average Bonchev–Trinajstić information content (AvgIpc) is 3.01. The quantitative estimate of drug-likeness (QED) is 0.755. The molecule has 0 aromatic heterocycles. The molecule has 0 amide bonds. The van der Waals surface area contributed by atoms with Gasteiger partial charge in [-0.2, -0.15) is 5.26 Å². The summed E-state index contributed by atoms with van der Waals surface area (Å²) >= 11 is 0. The van der Waals surface area contributed by atoms with E-state index in [0.29, 0.717) is 6.61 Å². The zero-order valence-corrected chi connectivity index (χ0v) is 13.5. The molecule has 3 nitrogen and oxygen atoms in total. The van der Waals surface area contributed by atoms with E-state index < -0.39 is 0 Å². The molecule has 0 radical (unpaired) electrons. The predicted octanol–water partition coefficient (Wildman–Crippen LogP) is 4.41. The minimum Gasteiger partial charge on any atom is -0.361 e. The molecular formula is C19H26N2O. The first-order valence-corrected chi connectivity index (χ1v) is 8.67. The van der Waals surface area contributed by atoms with E-state index in [1.54, 1.807) is 0 Å². The van der Waals surface area contributed by atoms with Crippen molar-refractivity contribution in [1.29, 1.82) is 5.26 Å². The number of nitrogens with zero attached hydrogens (tertiary/aromatic N) is 2. The summed E-state index contributed by atoms with van der Waals surface area (Å²) in [5.41, 5.74) is 0.941. The van der Waals surface area contributed by atoms with Crippen LogP contribution < -0.4 is 0 Å². The third-order valence-electron chi connectivity index (χ3n) is 5.21. The third-order valence-corrected chi connectivity index (χ3v) is 5.21. The van der Waals surface area contributed by atoms with Gasteiger partial charge in [-0.3, -0.25) is 4.90 Å². The second-order valence-electron chi connectivity index (χ2n) is 6.61.